The van der Waals surface area contributed by atoms with E-state index >= 15 is 0 Å². The largest absolute Gasteiger partial charge is 0.388 e. The molecule has 1 spiro atoms. The van der Waals surface area contributed by atoms with Gasteiger partial charge in [-0.1, -0.05) is 30.3 Å². The Morgan fingerprint density at radius 3 is 2.25 bits per heavy atom. The van der Waals surface area contributed by atoms with E-state index in [-0.39, 0.29) is 17.1 Å². The molecule has 0 bridgehead atoms. The van der Waals surface area contributed by atoms with Crippen molar-refractivity contribution >= 4 is 11.7 Å². The van der Waals surface area contributed by atoms with Crippen LogP contribution in [0.3, 0.4) is 0 Å². The van der Waals surface area contributed by atoms with Crippen molar-refractivity contribution in [3.8, 4) is 0 Å². The second kappa shape index (κ2) is 7.81. The van der Waals surface area contributed by atoms with Crippen LogP contribution in [0.5, 0.6) is 0 Å². The lowest BCUT2D eigenvalue weighted by atomic mass is 9.68. The van der Waals surface area contributed by atoms with Crippen molar-refractivity contribution in [3.63, 3.8) is 0 Å². The first kappa shape index (κ1) is 21.3. The summed E-state index contributed by atoms with van der Waals surface area (Å²) in [4.78, 5) is 26.1. The monoisotopic (exact) mass is 435 g/mol. The molecular weight excluding hydrogens is 402 g/mol. The standard InChI is InChI=1S/C25H33N5O2/c1-19-27-15-21(16-28-19)29-17-23(30(22(29)31)18-24(32)9-6-10-24)11-13-25(26-2,14-12-23)20-7-4-3-5-8-20/h3-5,7-8,15-16,26,32H,6,9-14,17-18H2,1-2H3/t23-,25-. The molecule has 2 amide bonds. The molecule has 0 atom stereocenters. The number of aliphatic hydroxyl groups is 1. The van der Waals surface area contributed by atoms with Crippen LogP contribution in [0, 0.1) is 6.92 Å². The van der Waals surface area contributed by atoms with E-state index < -0.39 is 5.60 Å². The van der Waals surface area contributed by atoms with Gasteiger partial charge in [-0.15, -0.1) is 0 Å². The average molecular weight is 436 g/mol. The minimum absolute atomic E-state index is 0.0329. The van der Waals surface area contributed by atoms with Gasteiger partial charge in [0.2, 0.25) is 0 Å². The maximum Gasteiger partial charge on any atom is 0.325 e. The van der Waals surface area contributed by atoms with Crippen molar-refractivity contribution in [2.24, 2.45) is 0 Å². The molecule has 0 unspecified atom stereocenters. The lowest BCUT2D eigenvalue weighted by Crippen LogP contribution is -2.59. The highest BCUT2D eigenvalue weighted by atomic mass is 16.3. The molecule has 32 heavy (non-hydrogen) atoms. The van der Waals surface area contributed by atoms with Gasteiger partial charge in [-0.3, -0.25) is 4.90 Å². The van der Waals surface area contributed by atoms with Gasteiger partial charge in [0.1, 0.15) is 5.82 Å². The number of hydrogen-bond donors (Lipinski definition) is 2. The fourth-order valence-corrected chi connectivity index (χ4v) is 5.81. The second-order valence-electron chi connectivity index (χ2n) is 9.94. The van der Waals surface area contributed by atoms with E-state index in [0.29, 0.717) is 18.9 Å². The van der Waals surface area contributed by atoms with E-state index in [4.69, 9.17) is 0 Å². The summed E-state index contributed by atoms with van der Waals surface area (Å²) < 4.78 is 0. The minimum Gasteiger partial charge on any atom is -0.388 e. The normalized spacial score (nSPS) is 29.4. The molecule has 2 aliphatic carbocycles. The minimum atomic E-state index is -0.751. The predicted molar refractivity (Wildman–Crippen MR) is 123 cm³/mol. The summed E-state index contributed by atoms with van der Waals surface area (Å²) in [5.41, 5.74) is 0.905. The van der Waals surface area contributed by atoms with Gasteiger partial charge >= 0.3 is 6.03 Å². The Morgan fingerprint density at radius 2 is 1.69 bits per heavy atom. The first-order chi connectivity index (χ1) is 15.4. The van der Waals surface area contributed by atoms with Gasteiger partial charge in [-0.2, -0.15) is 0 Å². The second-order valence-corrected chi connectivity index (χ2v) is 9.94. The highest BCUT2D eigenvalue weighted by Gasteiger charge is 2.56. The molecule has 3 fully saturated rings. The number of hydrogen-bond acceptors (Lipinski definition) is 5. The third-order valence-corrected chi connectivity index (χ3v) is 8.14. The van der Waals surface area contributed by atoms with E-state index in [1.54, 1.807) is 12.4 Å². The van der Waals surface area contributed by atoms with Crippen LogP contribution in [0.2, 0.25) is 0 Å². The molecule has 2 N–H and O–H groups in total. The molecule has 2 aromatic rings. The number of urea groups is 1. The van der Waals surface area contributed by atoms with Crippen molar-refractivity contribution in [2.75, 3.05) is 25.0 Å². The number of carbonyl (C=O) groups excluding carboxylic acids is 1. The van der Waals surface area contributed by atoms with Crippen molar-refractivity contribution < 1.29 is 9.90 Å². The maximum absolute atomic E-state index is 13.7. The van der Waals surface area contributed by atoms with E-state index in [2.05, 4.69) is 45.6 Å². The van der Waals surface area contributed by atoms with Crippen molar-refractivity contribution in [3.05, 3.63) is 54.1 Å². The summed E-state index contributed by atoms with van der Waals surface area (Å²) in [5, 5.41) is 14.6. The molecule has 2 heterocycles. The van der Waals surface area contributed by atoms with E-state index in [1.165, 1.54) is 5.56 Å². The number of nitrogens with one attached hydrogen (secondary N) is 1. The van der Waals surface area contributed by atoms with E-state index in [1.807, 2.05) is 23.8 Å². The zero-order valence-corrected chi connectivity index (χ0v) is 19.0. The fourth-order valence-electron chi connectivity index (χ4n) is 5.81. The van der Waals surface area contributed by atoms with Crippen molar-refractivity contribution in [2.45, 2.75) is 68.5 Å². The third kappa shape index (κ3) is 3.48. The van der Waals surface area contributed by atoms with Gasteiger partial charge in [0.05, 0.1) is 42.3 Å². The Bertz CT molecular complexity index is 966. The Morgan fingerprint density at radius 1 is 1.03 bits per heavy atom. The maximum atomic E-state index is 13.7. The Labute approximate surface area is 189 Å². The van der Waals surface area contributed by atoms with E-state index in [0.717, 1.165) is 50.6 Å². The van der Waals surface area contributed by atoms with Crippen LogP contribution in [0.4, 0.5) is 10.5 Å². The SMILES string of the molecule is CN[C@]1(c2ccccc2)CC[C@@]2(CC1)CN(c1cnc(C)nc1)C(=O)N2CC1(O)CCC1. The summed E-state index contributed by atoms with van der Waals surface area (Å²) in [6.07, 6.45) is 9.68. The predicted octanol–water partition coefficient (Wildman–Crippen LogP) is 3.37. The van der Waals surface area contributed by atoms with Crippen LogP contribution in [0.15, 0.2) is 42.7 Å². The zero-order valence-electron chi connectivity index (χ0n) is 19.0. The van der Waals surface area contributed by atoms with Gasteiger partial charge in [0.15, 0.2) is 0 Å². The number of benzene rings is 1. The van der Waals surface area contributed by atoms with Crippen LogP contribution in [0.1, 0.15) is 56.3 Å². The molecule has 1 aliphatic heterocycles. The highest BCUT2D eigenvalue weighted by Crippen LogP contribution is 2.48. The van der Waals surface area contributed by atoms with E-state index in [9.17, 15) is 9.90 Å². The average Bonchev–Trinajstić information content (AvgIpc) is 3.06. The number of aromatic nitrogens is 2. The van der Waals surface area contributed by atoms with Gasteiger partial charge in [0, 0.05) is 5.54 Å². The number of nitrogens with zero attached hydrogens (tertiary/aromatic N) is 4. The number of rotatable bonds is 5. The van der Waals surface area contributed by atoms with Crippen molar-refractivity contribution in [1.29, 1.82) is 0 Å². The number of β-amino-alcohol motifs (C(OH)–C–C–N with tert-alkyl or cyclic N) is 1. The summed E-state index contributed by atoms with van der Waals surface area (Å²) in [6.45, 7) is 2.87. The molecule has 1 aromatic heterocycles. The van der Waals surface area contributed by atoms with Gasteiger partial charge in [-0.05, 0) is 64.5 Å². The fraction of sp³-hybridized carbons (Fsp3) is 0.560. The topological polar surface area (TPSA) is 81.6 Å². The summed E-state index contributed by atoms with van der Waals surface area (Å²) >= 11 is 0. The Kier molecular flexibility index (Phi) is 5.21. The number of anilines is 1. The molecule has 7 nitrogen and oxygen atoms in total. The molecular formula is C25H33N5O2. The zero-order chi connectivity index (χ0) is 22.4. The highest BCUT2D eigenvalue weighted by molar-refractivity contribution is 5.95. The lowest BCUT2D eigenvalue weighted by Gasteiger charge is -2.50. The lowest BCUT2D eigenvalue weighted by molar-refractivity contribution is -0.0690. The molecule has 1 saturated heterocycles. The molecule has 0 radical (unpaired) electrons. The first-order valence-corrected chi connectivity index (χ1v) is 11.7. The summed E-state index contributed by atoms with van der Waals surface area (Å²) in [5.74, 6) is 0.690. The van der Waals surface area contributed by atoms with Crippen LogP contribution < -0.4 is 10.2 Å². The number of carbonyl (C=O) groups is 1. The van der Waals surface area contributed by atoms with Crippen LogP contribution >= 0.6 is 0 Å². The molecule has 3 aliphatic rings. The number of amides is 2. The van der Waals surface area contributed by atoms with Gasteiger partial charge in [-0.25, -0.2) is 14.8 Å². The number of aryl methyl sites for hydroxylation is 1. The molecule has 1 aromatic carbocycles. The molecule has 2 saturated carbocycles. The quantitative estimate of drug-likeness (QED) is 0.753. The van der Waals surface area contributed by atoms with Gasteiger partial charge < -0.3 is 15.3 Å². The van der Waals surface area contributed by atoms with Crippen LogP contribution in [0.25, 0.3) is 0 Å². The summed E-state index contributed by atoms with van der Waals surface area (Å²) in [7, 11) is 2.04. The Hall–Kier alpha value is -2.51. The first-order valence-electron chi connectivity index (χ1n) is 11.7. The molecule has 170 valence electrons. The smallest absolute Gasteiger partial charge is 0.325 e. The molecule has 5 rings (SSSR count). The van der Waals surface area contributed by atoms with Gasteiger partial charge in [0.25, 0.3) is 0 Å². The Balaban J connectivity index is 1.45. The summed E-state index contributed by atoms with van der Waals surface area (Å²) in [6, 6.07) is 10.6. The van der Waals surface area contributed by atoms with Crippen molar-refractivity contribution in [1.82, 2.24) is 20.2 Å². The molecule has 7 heteroatoms. The third-order valence-electron chi connectivity index (χ3n) is 8.14. The van der Waals surface area contributed by atoms with Crippen LogP contribution in [-0.2, 0) is 5.54 Å². The van der Waals surface area contributed by atoms with Crippen LogP contribution in [-0.4, -0.2) is 57.3 Å².